The minimum atomic E-state index is -0.202. The zero-order chi connectivity index (χ0) is 21.3. The van der Waals surface area contributed by atoms with E-state index in [1.54, 1.807) is 19.3 Å². The average Bonchev–Trinajstić information content (AvgIpc) is 3.28. The molecule has 1 amide bonds. The Labute approximate surface area is 174 Å². The van der Waals surface area contributed by atoms with Gasteiger partial charge in [-0.1, -0.05) is 12.1 Å². The van der Waals surface area contributed by atoms with E-state index >= 15 is 0 Å². The number of H-pyrrole nitrogens is 1. The number of rotatable bonds is 6. The third-order valence-electron chi connectivity index (χ3n) is 5.48. The van der Waals surface area contributed by atoms with Crippen LogP contribution in [0.3, 0.4) is 0 Å². The number of carbonyl (C=O) groups is 1. The maximum Gasteiger partial charge on any atom is 0.327 e. The number of hydrogen-bond acceptors (Lipinski definition) is 3. The molecule has 0 saturated heterocycles. The van der Waals surface area contributed by atoms with E-state index in [0.29, 0.717) is 11.2 Å². The lowest BCUT2D eigenvalue weighted by molar-refractivity contribution is 0.0938. The highest BCUT2D eigenvalue weighted by molar-refractivity contribution is 5.95. The predicted molar refractivity (Wildman–Crippen MR) is 117 cm³/mol. The number of amides is 1. The van der Waals surface area contributed by atoms with Crippen LogP contribution in [0.5, 0.6) is 0 Å². The zero-order valence-electron chi connectivity index (χ0n) is 17.3. The molecule has 3 aromatic heterocycles. The molecule has 0 aliphatic rings. The number of hydrogen-bond donors (Lipinski definition) is 2. The van der Waals surface area contributed by atoms with Crippen molar-refractivity contribution >= 4 is 17.1 Å². The third-order valence-corrected chi connectivity index (χ3v) is 5.48. The minimum absolute atomic E-state index is 0.0588. The lowest BCUT2D eigenvalue weighted by atomic mass is 10.0. The topological polar surface area (TPSA) is 84.7 Å². The van der Waals surface area contributed by atoms with Gasteiger partial charge in [0.15, 0.2) is 5.65 Å². The van der Waals surface area contributed by atoms with E-state index in [-0.39, 0.29) is 17.6 Å². The minimum Gasteiger partial charge on any atom is -0.354 e. The van der Waals surface area contributed by atoms with Gasteiger partial charge in [0.1, 0.15) is 0 Å². The number of nitrogens with zero attached hydrogens (tertiary/aromatic N) is 3. The normalized spacial score (nSPS) is 12.2. The Bertz CT molecular complexity index is 1260. The number of imidazole rings is 1. The molecule has 1 atom stereocenters. The van der Waals surface area contributed by atoms with Crippen molar-refractivity contribution in [2.75, 3.05) is 0 Å². The molecule has 0 aliphatic heterocycles. The summed E-state index contributed by atoms with van der Waals surface area (Å²) in [4.78, 5) is 31.6. The molecule has 154 valence electrons. The molecule has 7 heteroatoms. The van der Waals surface area contributed by atoms with Gasteiger partial charge in [0.05, 0.1) is 5.52 Å². The fourth-order valence-corrected chi connectivity index (χ4v) is 3.60. The largest absolute Gasteiger partial charge is 0.354 e. The Morgan fingerprint density at radius 1 is 1.17 bits per heavy atom. The van der Waals surface area contributed by atoms with Crippen LogP contribution in [0.15, 0.2) is 59.7 Å². The van der Waals surface area contributed by atoms with Crippen LogP contribution >= 0.6 is 0 Å². The van der Waals surface area contributed by atoms with Crippen molar-refractivity contribution in [2.24, 2.45) is 14.1 Å². The summed E-state index contributed by atoms with van der Waals surface area (Å²) >= 11 is 0. The van der Waals surface area contributed by atoms with E-state index in [1.165, 1.54) is 10.3 Å². The molecule has 0 radical (unpaired) electrons. The number of carbonyl (C=O) groups excluding carboxylic acids is 1. The van der Waals surface area contributed by atoms with Crippen LogP contribution in [0.1, 0.15) is 29.4 Å². The van der Waals surface area contributed by atoms with Gasteiger partial charge in [-0.2, -0.15) is 0 Å². The van der Waals surface area contributed by atoms with Crippen LogP contribution in [0.2, 0.25) is 0 Å². The van der Waals surface area contributed by atoms with E-state index in [1.807, 2.05) is 50.5 Å². The molecule has 1 aromatic carbocycles. The summed E-state index contributed by atoms with van der Waals surface area (Å²) in [5.41, 5.74) is 4.65. The molecule has 0 bridgehead atoms. The lowest BCUT2D eigenvalue weighted by Crippen LogP contribution is -2.33. The second-order valence-corrected chi connectivity index (χ2v) is 7.69. The van der Waals surface area contributed by atoms with Crippen LogP contribution in [-0.2, 0) is 20.5 Å². The van der Waals surface area contributed by atoms with Gasteiger partial charge in [-0.3, -0.25) is 14.3 Å². The molecule has 0 spiro atoms. The summed E-state index contributed by atoms with van der Waals surface area (Å²) in [5, 5.41) is 3.08. The number of nitrogens with one attached hydrogen (secondary N) is 2. The highest BCUT2D eigenvalue weighted by atomic mass is 16.2. The van der Waals surface area contributed by atoms with Crippen molar-refractivity contribution in [3.63, 3.8) is 0 Å². The summed E-state index contributed by atoms with van der Waals surface area (Å²) in [6, 6.07) is 13.5. The molecular formula is C23H25N5O2. The summed E-state index contributed by atoms with van der Waals surface area (Å²) < 4.78 is 3.62. The number of aromatic amines is 1. The summed E-state index contributed by atoms with van der Waals surface area (Å²) in [5.74, 6) is -0.0979. The third kappa shape index (κ3) is 3.91. The van der Waals surface area contributed by atoms with Gasteiger partial charge in [-0.25, -0.2) is 9.78 Å². The Morgan fingerprint density at radius 2 is 2.00 bits per heavy atom. The summed E-state index contributed by atoms with van der Waals surface area (Å²) in [6.07, 6.45) is 5.51. The highest BCUT2D eigenvalue weighted by Crippen LogP contribution is 2.22. The van der Waals surface area contributed by atoms with Crippen LogP contribution in [-0.4, -0.2) is 31.1 Å². The number of benzene rings is 1. The van der Waals surface area contributed by atoms with Gasteiger partial charge in [0.25, 0.3) is 5.91 Å². The molecule has 2 N–H and O–H groups in total. The van der Waals surface area contributed by atoms with Gasteiger partial charge in [0.2, 0.25) is 0 Å². The molecule has 7 nitrogen and oxygen atoms in total. The van der Waals surface area contributed by atoms with Crippen LogP contribution in [0.25, 0.3) is 22.3 Å². The van der Waals surface area contributed by atoms with E-state index in [2.05, 4.69) is 25.9 Å². The average molecular weight is 403 g/mol. The standard InChI is InChI=1S/C23H25N5O2/c1-15(9-10-19-8-5-11-27(19)2)25-22(29)17-7-4-6-16(12-17)18-13-20-21(24-14-18)26-23(30)28(20)3/h4-8,11-15H,9-10H2,1-3H3,(H,25,29)(H,24,26,30)/t15-/m0/s1. The second kappa shape index (κ2) is 8.02. The molecule has 3 heterocycles. The first-order valence-electron chi connectivity index (χ1n) is 9.98. The molecule has 30 heavy (non-hydrogen) atoms. The molecule has 4 rings (SSSR count). The number of fused-ring (bicyclic) bond motifs is 1. The van der Waals surface area contributed by atoms with E-state index in [4.69, 9.17) is 0 Å². The Morgan fingerprint density at radius 3 is 2.77 bits per heavy atom. The highest BCUT2D eigenvalue weighted by Gasteiger charge is 2.13. The summed E-state index contributed by atoms with van der Waals surface area (Å²) in [6.45, 7) is 2.02. The summed E-state index contributed by atoms with van der Waals surface area (Å²) in [7, 11) is 3.73. The van der Waals surface area contributed by atoms with Gasteiger partial charge in [-0.05, 0) is 55.7 Å². The Hall–Kier alpha value is -3.61. The maximum absolute atomic E-state index is 12.8. The Balaban J connectivity index is 1.48. The second-order valence-electron chi connectivity index (χ2n) is 7.69. The van der Waals surface area contributed by atoms with Crippen molar-refractivity contribution in [1.29, 1.82) is 0 Å². The molecule has 4 aromatic rings. The van der Waals surface area contributed by atoms with Gasteiger partial charge in [-0.15, -0.1) is 0 Å². The van der Waals surface area contributed by atoms with E-state index in [9.17, 15) is 9.59 Å². The van der Waals surface area contributed by atoms with Gasteiger partial charge < -0.3 is 9.88 Å². The maximum atomic E-state index is 12.8. The first-order valence-corrected chi connectivity index (χ1v) is 9.98. The van der Waals surface area contributed by atoms with Gasteiger partial charge >= 0.3 is 5.69 Å². The Kier molecular flexibility index (Phi) is 5.27. The molecular weight excluding hydrogens is 378 g/mol. The molecule has 0 aliphatic carbocycles. The monoisotopic (exact) mass is 403 g/mol. The van der Waals surface area contributed by atoms with Crippen molar-refractivity contribution < 1.29 is 4.79 Å². The smallest absolute Gasteiger partial charge is 0.327 e. The number of pyridine rings is 1. The van der Waals surface area contributed by atoms with Crippen LogP contribution < -0.4 is 11.0 Å². The van der Waals surface area contributed by atoms with Crippen molar-refractivity contribution in [2.45, 2.75) is 25.8 Å². The van der Waals surface area contributed by atoms with Crippen molar-refractivity contribution in [1.82, 2.24) is 24.4 Å². The number of aromatic nitrogens is 4. The van der Waals surface area contributed by atoms with Gasteiger partial charge in [0, 0.05) is 49.4 Å². The molecule has 0 unspecified atom stereocenters. The molecule has 0 saturated carbocycles. The first kappa shape index (κ1) is 19.7. The fraction of sp³-hybridized carbons (Fsp3) is 0.261. The van der Waals surface area contributed by atoms with Crippen LogP contribution in [0, 0.1) is 0 Å². The lowest BCUT2D eigenvalue weighted by Gasteiger charge is -2.15. The zero-order valence-corrected chi connectivity index (χ0v) is 17.3. The van der Waals surface area contributed by atoms with Crippen molar-refractivity contribution in [3.8, 4) is 11.1 Å². The van der Waals surface area contributed by atoms with Crippen LogP contribution in [0.4, 0.5) is 0 Å². The fourth-order valence-electron chi connectivity index (χ4n) is 3.60. The quantitative estimate of drug-likeness (QED) is 0.519. The van der Waals surface area contributed by atoms with E-state index in [0.717, 1.165) is 29.5 Å². The SMILES string of the molecule is C[C@@H](CCc1cccn1C)NC(=O)c1cccc(-c2cnc3[nH]c(=O)n(C)c3c2)c1. The predicted octanol–water partition coefficient (Wildman–Crippen LogP) is 3.02. The number of aryl methyl sites for hydroxylation is 3. The first-order chi connectivity index (χ1) is 14.4. The van der Waals surface area contributed by atoms with Crippen molar-refractivity contribution in [3.05, 3.63) is 76.6 Å². The molecule has 0 fully saturated rings. The van der Waals surface area contributed by atoms with E-state index < -0.39 is 0 Å².